The Morgan fingerprint density at radius 3 is 2.52 bits per heavy atom. The predicted molar refractivity (Wildman–Crippen MR) is 83.7 cm³/mol. The average Bonchev–Trinajstić information content (AvgIpc) is 3.02. The van der Waals surface area contributed by atoms with Crippen LogP contribution in [0.5, 0.6) is 0 Å². The normalized spacial score (nSPS) is 12.0. The van der Waals surface area contributed by atoms with E-state index in [2.05, 4.69) is 4.98 Å². The number of imidazole rings is 1. The number of nitrogens with zero attached hydrogens (tertiary/aromatic N) is 2. The van der Waals surface area contributed by atoms with Gasteiger partial charge in [0.25, 0.3) is 0 Å². The zero-order valence-corrected chi connectivity index (χ0v) is 13.4. The highest BCUT2D eigenvalue weighted by molar-refractivity contribution is 5.87. The molecule has 0 amide bonds. The van der Waals surface area contributed by atoms with Crippen molar-refractivity contribution >= 4 is 11.9 Å². The minimum Gasteiger partial charge on any atom is -0.467 e. The van der Waals surface area contributed by atoms with E-state index >= 15 is 0 Å². The van der Waals surface area contributed by atoms with Gasteiger partial charge in [-0.25, -0.2) is 14.6 Å². The molecule has 1 aromatic heterocycles. The molecule has 1 heterocycles. The van der Waals surface area contributed by atoms with Gasteiger partial charge in [0.05, 0.1) is 13.4 Å². The number of hydrogen-bond acceptors (Lipinski definition) is 5. The van der Waals surface area contributed by atoms with Gasteiger partial charge in [0.1, 0.15) is 12.6 Å². The first-order valence-electron chi connectivity index (χ1n) is 7.35. The van der Waals surface area contributed by atoms with Crippen LogP contribution in [0.1, 0.15) is 35.9 Å². The Morgan fingerprint density at radius 1 is 1.22 bits per heavy atom. The first-order chi connectivity index (χ1) is 11.0. The highest BCUT2D eigenvalue weighted by atomic mass is 16.5. The van der Waals surface area contributed by atoms with Crippen LogP contribution in [0, 0.1) is 5.92 Å². The van der Waals surface area contributed by atoms with Gasteiger partial charge in [-0.15, -0.1) is 0 Å². The summed E-state index contributed by atoms with van der Waals surface area (Å²) in [5.41, 5.74) is 1.06. The molecule has 2 rings (SSSR count). The van der Waals surface area contributed by atoms with Crippen LogP contribution in [0.3, 0.4) is 0 Å². The van der Waals surface area contributed by atoms with E-state index in [9.17, 15) is 9.59 Å². The van der Waals surface area contributed by atoms with E-state index in [1.54, 1.807) is 4.57 Å². The van der Waals surface area contributed by atoms with Crippen molar-refractivity contribution in [2.75, 3.05) is 7.11 Å². The zero-order valence-electron chi connectivity index (χ0n) is 13.4. The molecule has 0 unspecified atom stereocenters. The molecular weight excluding hydrogens is 296 g/mol. The summed E-state index contributed by atoms with van der Waals surface area (Å²) in [5.74, 6) is -0.897. The summed E-state index contributed by atoms with van der Waals surface area (Å²) in [7, 11) is 1.34. The molecule has 6 nitrogen and oxygen atoms in total. The minimum atomic E-state index is -0.528. The van der Waals surface area contributed by atoms with E-state index in [0.717, 1.165) is 5.56 Å². The lowest BCUT2D eigenvalue weighted by molar-refractivity contribution is -0.146. The van der Waals surface area contributed by atoms with E-state index in [0.29, 0.717) is 0 Å². The van der Waals surface area contributed by atoms with Crippen LogP contribution in [-0.4, -0.2) is 28.6 Å². The summed E-state index contributed by atoms with van der Waals surface area (Å²) in [6.45, 7) is 3.97. The molecule has 23 heavy (non-hydrogen) atoms. The molecule has 0 saturated heterocycles. The standard InChI is InChI=1S/C17H20N2O4/c1-12(2)15(17(21)22-3)19-9-14(18-11-19)16(20)23-10-13-7-5-4-6-8-13/h4-9,11-12,15H,10H2,1-3H3/t15-/m0/s1. The van der Waals surface area contributed by atoms with Gasteiger partial charge in [-0.2, -0.15) is 0 Å². The molecule has 6 heteroatoms. The molecule has 0 bridgehead atoms. The summed E-state index contributed by atoms with van der Waals surface area (Å²) < 4.78 is 11.6. The van der Waals surface area contributed by atoms with Crippen molar-refractivity contribution < 1.29 is 19.1 Å². The molecule has 0 saturated carbocycles. The number of hydrogen-bond donors (Lipinski definition) is 0. The Morgan fingerprint density at radius 2 is 1.91 bits per heavy atom. The SMILES string of the molecule is COC(=O)[C@H](C(C)C)n1cnc(C(=O)OCc2ccccc2)c1. The van der Waals surface area contributed by atoms with Crippen molar-refractivity contribution in [1.82, 2.24) is 9.55 Å². The summed E-state index contributed by atoms with van der Waals surface area (Å²) >= 11 is 0. The molecule has 2 aromatic rings. The van der Waals surface area contributed by atoms with Crippen LogP contribution >= 0.6 is 0 Å². The van der Waals surface area contributed by atoms with E-state index < -0.39 is 12.0 Å². The van der Waals surface area contributed by atoms with Crippen molar-refractivity contribution in [3.63, 3.8) is 0 Å². The first kappa shape index (κ1) is 16.7. The van der Waals surface area contributed by atoms with Gasteiger partial charge >= 0.3 is 11.9 Å². The van der Waals surface area contributed by atoms with E-state index in [1.165, 1.54) is 19.6 Å². The quantitative estimate of drug-likeness (QED) is 0.766. The highest BCUT2D eigenvalue weighted by Crippen LogP contribution is 2.20. The Balaban J connectivity index is 2.05. The maximum absolute atomic E-state index is 12.0. The third-order valence-electron chi connectivity index (χ3n) is 3.42. The molecule has 122 valence electrons. The second-order valence-corrected chi connectivity index (χ2v) is 5.48. The van der Waals surface area contributed by atoms with Crippen molar-refractivity contribution in [3.8, 4) is 0 Å². The Kier molecular flexibility index (Phi) is 5.51. The van der Waals surface area contributed by atoms with Gasteiger partial charge < -0.3 is 14.0 Å². The number of ether oxygens (including phenoxy) is 2. The van der Waals surface area contributed by atoms with Crippen molar-refractivity contribution in [2.45, 2.75) is 26.5 Å². The van der Waals surface area contributed by atoms with Crippen molar-refractivity contribution in [2.24, 2.45) is 5.92 Å². The fourth-order valence-corrected chi connectivity index (χ4v) is 2.25. The summed E-state index contributed by atoms with van der Waals surface area (Å²) in [6.07, 6.45) is 2.95. The first-order valence-corrected chi connectivity index (χ1v) is 7.35. The maximum Gasteiger partial charge on any atom is 0.358 e. The van der Waals surface area contributed by atoms with Crippen LogP contribution in [0.25, 0.3) is 0 Å². The largest absolute Gasteiger partial charge is 0.467 e. The van der Waals surface area contributed by atoms with Gasteiger partial charge in [-0.1, -0.05) is 44.2 Å². The van der Waals surface area contributed by atoms with E-state index in [4.69, 9.17) is 9.47 Å². The molecular formula is C17H20N2O4. The molecule has 1 aromatic carbocycles. The van der Waals surface area contributed by atoms with Gasteiger partial charge in [-0.05, 0) is 11.5 Å². The Bertz CT molecular complexity index is 664. The topological polar surface area (TPSA) is 70.4 Å². The number of esters is 2. The number of benzene rings is 1. The molecule has 0 aliphatic carbocycles. The second-order valence-electron chi connectivity index (χ2n) is 5.48. The molecule has 0 fully saturated rings. The van der Waals surface area contributed by atoms with E-state index in [1.807, 2.05) is 44.2 Å². The Hall–Kier alpha value is -2.63. The Labute approximate surface area is 135 Å². The number of aromatic nitrogens is 2. The molecule has 0 radical (unpaired) electrons. The number of carbonyl (C=O) groups excluding carboxylic acids is 2. The lowest BCUT2D eigenvalue weighted by Crippen LogP contribution is -2.24. The average molecular weight is 316 g/mol. The summed E-state index contributed by atoms with van der Waals surface area (Å²) in [5, 5.41) is 0. The van der Waals surface area contributed by atoms with Gasteiger partial charge in [0, 0.05) is 6.20 Å². The van der Waals surface area contributed by atoms with E-state index in [-0.39, 0.29) is 24.2 Å². The van der Waals surface area contributed by atoms with Crippen LogP contribution in [0.4, 0.5) is 0 Å². The third kappa shape index (κ3) is 4.18. The van der Waals surface area contributed by atoms with Gasteiger partial charge in [0.15, 0.2) is 5.69 Å². The zero-order chi connectivity index (χ0) is 16.8. The second kappa shape index (κ2) is 7.58. The predicted octanol–water partition coefficient (Wildman–Crippen LogP) is 2.61. The maximum atomic E-state index is 12.0. The fraction of sp³-hybridized carbons (Fsp3) is 0.353. The summed E-state index contributed by atoms with van der Waals surface area (Å²) in [4.78, 5) is 27.9. The van der Waals surface area contributed by atoms with Gasteiger partial charge in [0.2, 0.25) is 0 Å². The van der Waals surface area contributed by atoms with Crippen LogP contribution < -0.4 is 0 Å². The summed E-state index contributed by atoms with van der Waals surface area (Å²) in [6, 6.07) is 8.87. The lowest BCUT2D eigenvalue weighted by Gasteiger charge is -2.19. The van der Waals surface area contributed by atoms with Crippen LogP contribution in [-0.2, 0) is 20.9 Å². The van der Waals surface area contributed by atoms with Crippen molar-refractivity contribution in [1.29, 1.82) is 0 Å². The number of carbonyl (C=O) groups is 2. The van der Waals surface area contributed by atoms with Crippen LogP contribution in [0.15, 0.2) is 42.9 Å². The third-order valence-corrected chi connectivity index (χ3v) is 3.42. The van der Waals surface area contributed by atoms with Crippen LogP contribution in [0.2, 0.25) is 0 Å². The molecule has 0 aliphatic rings. The molecule has 0 aliphatic heterocycles. The monoisotopic (exact) mass is 316 g/mol. The number of rotatable bonds is 6. The van der Waals surface area contributed by atoms with Crippen molar-refractivity contribution in [3.05, 3.63) is 54.1 Å². The molecule has 0 N–H and O–H groups in total. The molecule has 1 atom stereocenters. The highest BCUT2D eigenvalue weighted by Gasteiger charge is 2.26. The lowest BCUT2D eigenvalue weighted by atomic mass is 10.0. The molecule has 0 spiro atoms. The minimum absolute atomic E-state index is 0.00448. The number of methoxy groups -OCH3 is 1. The fourth-order valence-electron chi connectivity index (χ4n) is 2.25. The smallest absolute Gasteiger partial charge is 0.358 e. The van der Waals surface area contributed by atoms with Gasteiger partial charge in [-0.3, -0.25) is 0 Å².